The molecule has 7 heteroatoms. The molecule has 132 valence electrons. The van der Waals surface area contributed by atoms with Gasteiger partial charge < -0.3 is 19.7 Å². The molecule has 1 N–H and O–H groups in total. The lowest BCUT2D eigenvalue weighted by molar-refractivity contribution is -0.143. The molecule has 1 amide bonds. The average molecular weight is 335 g/mol. The summed E-state index contributed by atoms with van der Waals surface area (Å²) >= 11 is 0. The number of ether oxygens (including phenoxy) is 2. The molecular weight excluding hydrogens is 310 g/mol. The van der Waals surface area contributed by atoms with Crippen molar-refractivity contribution in [3.8, 4) is 0 Å². The van der Waals surface area contributed by atoms with Gasteiger partial charge in [-0.15, -0.1) is 0 Å². The predicted octanol–water partition coefficient (Wildman–Crippen LogP) is 0.702. The number of hydrogen-bond donors (Lipinski definition) is 1. The molecule has 1 fully saturated rings. The molecule has 1 aromatic rings. The highest BCUT2D eigenvalue weighted by atomic mass is 16.6. The molecule has 1 unspecified atom stereocenters. The predicted molar refractivity (Wildman–Crippen MR) is 89.5 cm³/mol. The van der Waals surface area contributed by atoms with E-state index in [1.165, 1.54) is 7.11 Å². The highest BCUT2D eigenvalue weighted by molar-refractivity contribution is 5.81. The van der Waals surface area contributed by atoms with Crippen LogP contribution in [0.4, 0.5) is 4.79 Å². The molecule has 0 saturated carbocycles. The van der Waals surface area contributed by atoms with Gasteiger partial charge in [0.15, 0.2) is 0 Å². The highest BCUT2D eigenvalue weighted by Gasteiger charge is 2.26. The average Bonchev–Trinajstić information content (AvgIpc) is 2.61. The van der Waals surface area contributed by atoms with Gasteiger partial charge in [-0.05, 0) is 12.6 Å². The number of nitrogens with one attached hydrogen (secondary N) is 1. The Bertz CT molecular complexity index is 530. The van der Waals surface area contributed by atoms with E-state index in [1.54, 1.807) is 0 Å². The van der Waals surface area contributed by atoms with Crippen molar-refractivity contribution in [3.05, 3.63) is 35.9 Å². The van der Waals surface area contributed by atoms with Crippen LogP contribution < -0.4 is 5.32 Å². The summed E-state index contributed by atoms with van der Waals surface area (Å²) in [4.78, 5) is 28.3. The van der Waals surface area contributed by atoms with Crippen LogP contribution in [0.5, 0.6) is 0 Å². The fourth-order valence-electron chi connectivity index (χ4n) is 2.52. The summed E-state index contributed by atoms with van der Waals surface area (Å²) in [7, 11) is 3.38. The van der Waals surface area contributed by atoms with E-state index < -0.39 is 18.1 Å². The first kappa shape index (κ1) is 18.2. The van der Waals surface area contributed by atoms with E-state index in [1.807, 2.05) is 30.3 Å². The molecule has 0 bridgehead atoms. The zero-order valence-electron chi connectivity index (χ0n) is 14.2. The number of piperazine rings is 1. The molecule has 0 aliphatic carbocycles. The lowest BCUT2D eigenvalue weighted by atomic mass is 10.2. The van der Waals surface area contributed by atoms with Gasteiger partial charge in [-0.2, -0.15) is 0 Å². The van der Waals surface area contributed by atoms with Crippen LogP contribution in [0.3, 0.4) is 0 Å². The van der Waals surface area contributed by atoms with Crippen LogP contribution in [0, 0.1) is 0 Å². The van der Waals surface area contributed by atoms with E-state index >= 15 is 0 Å². The quantitative estimate of drug-likeness (QED) is 0.772. The maximum absolute atomic E-state index is 12.0. The maximum atomic E-state index is 12.0. The summed E-state index contributed by atoms with van der Waals surface area (Å²) in [6.07, 6.45) is -0.622. The molecule has 0 aromatic heterocycles. The van der Waals surface area contributed by atoms with E-state index in [-0.39, 0.29) is 6.61 Å². The van der Waals surface area contributed by atoms with Crippen molar-refractivity contribution in [1.29, 1.82) is 0 Å². The van der Waals surface area contributed by atoms with Crippen molar-refractivity contribution in [1.82, 2.24) is 15.1 Å². The fourth-order valence-corrected chi connectivity index (χ4v) is 2.52. The molecule has 24 heavy (non-hydrogen) atoms. The van der Waals surface area contributed by atoms with Crippen LogP contribution in [0.25, 0.3) is 0 Å². The zero-order chi connectivity index (χ0) is 17.4. The fraction of sp³-hybridized carbons (Fsp3) is 0.529. The first-order valence-electron chi connectivity index (χ1n) is 8.04. The van der Waals surface area contributed by atoms with E-state index in [2.05, 4.69) is 22.2 Å². The second kappa shape index (κ2) is 9.24. The van der Waals surface area contributed by atoms with Gasteiger partial charge in [-0.25, -0.2) is 9.59 Å². The lowest BCUT2D eigenvalue weighted by Crippen LogP contribution is -2.53. The molecule has 1 heterocycles. The molecule has 0 radical (unpaired) electrons. The molecule has 7 nitrogen and oxygen atoms in total. The van der Waals surface area contributed by atoms with Crippen molar-refractivity contribution in [2.75, 3.05) is 46.9 Å². The Balaban J connectivity index is 1.83. The Labute approximate surface area is 142 Å². The number of benzene rings is 1. The first-order valence-corrected chi connectivity index (χ1v) is 8.04. The van der Waals surface area contributed by atoms with Gasteiger partial charge in [0.25, 0.3) is 0 Å². The SMILES string of the molecule is COC(=O)C(CN1CCN(C)CC1)NC(=O)OCc1ccccc1. The minimum atomic E-state index is -0.735. The second-order valence-electron chi connectivity index (χ2n) is 5.89. The summed E-state index contributed by atoms with van der Waals surface area (Å²) < 4.78 is 9.97. The third kappa shape index (κ3) is 5.82. The van der Waals surface area contributed by atoms with Crippen LogP contribution in [0.15, 0.2) is 30.3 Å². The number of nitrogens with zero attached hydrogens (tertiary/aromatic N) is 2. The maximum Gasteiger partial charge on any atom is 0.408 e. The number of likely N-dealkylation sites (N-methyl/N-ethyl adjacent to an activating group) is 1. The summed E-state index contributed by atoms with van der Waals surface area (Å²) in [5.74, 6) is -0.467. The van der Waals surface area contributed by atoms with E-state index in [4.69, 9.17) is 9.47 Å². The number of alkyl carbamates (subject to hydrolysis) is 1. The minimum Gasteiger partial charge on any atom is -0.467 e. The third-order valence-electron chi connectivity index (χ3n) is 4.03. The Kier molecular flexibility index (Phi) is 7.02. The molecule has 1 atom stereocenters. The topological polar surface area (TPSA) is 71.1 Å². The summed E-state index contributed by atoms with van der Waals surface area (Å²) in [6, 6.07) is 8.65. The summed E-state index contributed by atoms with van der Waals surface area (Å²) in [6.45, 7) is 4.16. The lowest BCUT2D eigenvalue weighted by Gasteiger charge is -2.34. The van der Waals surface area contributed by atoms with E-state index in [0.29, 0.717) is 6.54 Å². The van der Waals surface area contributed by atoms with Gasteiger partial charge in [-0.3, -0.25) is 4.90 Å². The summed E-state index contributed by atoms with van der Waals surface area (Å²) in [5.41, 5.74) is 0.890. The van der Waals surface area contributed by atoms with Crippen molar-refractivity contribution < 1.29 is 19.1 Å². The Morgan fingerprint density at radius 2 is 1.83 bits per heavy atom. The van der Waals surface area contributed by atoms with Crippen molar-refractivity contribution >= 4 is 12.1 Å². The normalized spacial score (nSPS) is 17.1. The smallest absolute Gasteiger partial charge is 0.408 e. The number of rotatable bonds is 6. The Morgan fingerprint density at radius 3 is 2.46 bits per heavy atom. The molecule has 1 aliphatic heterocycles. The molecule has 1 aliphatic rings. The van der Waals surface area contributed by atoms with E-state index in [0.717, 1.165) is 31.7 Å². The van der Waals surface area contributed by atoms with Crippen molar-refractivity contribution in [2.24, 2.45) is 0 Å². The van der Waals surface area contributed by atoms with Gasteiger partial charge in [0, 0.05) is 32.7 Å². The van der Waals surface area contributed by atoms with Gasteiger partial charge in [0.1, 0.15) is 12.6 Å². The number of hydrogen-bond acceptors (Lipinski definition) is 6. The van der Waals surface area contributed by atoms with Crippen LogP contribution in [-0.4, -0.2) is 74.8 Å². The number of carbonyl (C=O) groups excluding carboxylic acids is 2. The van der Waals surface area contributed by atoms with Gasteiger partial charge in [0.05, 0.1) is 7.11 Å². The van der Waals surface area contributed by atoms with Crippen LogP contribution in [0.2, 0.25) is 0 Å². The number of methoxy groups -OCH3 is 1. The number of esters is 1. The highest BCUT2D eigenvalue weighted by Crippen LogP contribution is 2.04. The van der Waals surface area contributed by atoms with Gasteiger partial charge in [-0.1, -0.05) is 30.3 Å². The first-order chi connectivity index (χ1) is 11.6. The zero-order valence-corrected chi connectivity index (χ0v) is 14.2. The van der Waals surface area contributed by atoms with Crippen molar-refractivity contribution in [2.45, 2.75) is 12.6 Å². The monoisotopic (exact) mass is 335 g/mol. The second-order valence-corrected chi connectivity index (χ2v) is 5.89. The van der Waals surface area contributed by atoms with Crippen LogP contribution >= 0.6 is 0 Å². The summed E-state index contributed by atoms with van der Waals surface area (Å²) in [5, 5.41) is 2.61. The number of amides is 1. The molecule has 1 aromatic carbocycles. The van der Waals surface area contributed by atoms with Gasteiger partial charge >= 0.3 is 12.1 Å². The van der Waals surface area contributed by atoms with Crippen LogP contribution in [0.1, 0.15) is 5.56 Å². The van der Waals surface area contributed by atoms with E-state index in [9.17, 15) is 9.59 Å². The minimum absolute atomic E-state index is 0.162. The molecule has 1 saturated heterocycles. The standard InChI is InChI=1S/C17H25N3O4/c1-19-8-10-20(11-9-19)12-15(16(21)23-2)18-17(22)24-13-14-6-4-3-5-7-14/h3-7,15H,8-13H2,1-2H3,(H,18,22). The Hall–Kier alpha value is -2.12. The molecule has 2 rings (SSSR count). The molecular formula is C17H25N3O4. The Morgan fingerprint density at radius 1 is 1.17 bits per heavy atom. The van der Waals surface area contributed by atoms with Crippen molar-refractivity contribution in [3.63, 3.8) is 0 Å². The number of carbonyl (C=O) groups is 2. The van der Waals surface area contributed by atoms with Crippen LogP contribution in [-0.2, 0) is 20.9 Å². The molecule has 0 spiro atoms. The third-order valence-corrected chi connectivity index (χ3v) is 4.03. The van der Waals surface area contributed by atoms with Gasteiger partial charge in [0.2, 0.25) is 0 Å². The largest absolute Gasteiger partial charge is 0.467 e.